The van der Waals surface area contributed by atoms with E-state index >= 15 is 0 Å². The molecule has 0 aliphatic carbocycles. The first kappa shape index (κ1) is 13.2. The normalized spacial score (nSPS) is 10.7. The summed E-state index contributed by atoms with van der Waals surface area (Å²) in [5.41, 5.74) is 2.70. The van der Waals surface area contributed by atoms with Gasteiger partial charge in [0.25, 0.3) is 0 Å². The van der Waals surface area contributed by atoms with E-state index < -0.39 is 0 Å². The summed E-state index contributed by atoms with van der Waals surface area (Å²) < 4.78 is 2.24. The van der Waals surface area contributed by atoms with Gasteiger partial charge in [-0.3, -0.25) is 4.57 Å². The Hall–Kier alpha value is -1.80. The molecule has 0 radical (unpaired) electrons. The predicted molar refractivity (Wildman–Crippen MR) is 83.2 cm³/mol. The smallest absolute Gasteiger partial charge is 0.182 e. The molecular formula is C14H7Cl2N3S. The maximum absolute atomic E-state index is 9.14. The number of aromatic nitrogens is 2. The monoisotopic (exact) mass is 319 g/mol. The molecule has 3 nitrogen and oxygen atoms in total. The van der Waals surface area contributed by atoms with Crippen molar-refractivity contribution in [3.63, 3.8) is 0 Å². The summed E-state index contributed by atoms with van der Waals surface area (Å²) >= 11 is 17.6. The summed E-state index contributed by atoms with van der Waals surface area (Å²) in [6, 6.07) is 12.7. The van der Waals surface area contributed by atoms with E-state index in [1.165, 1.54) is 0 Å². The molecule has 1 N–H and O–H groups in total. The quantitative estimate of drug-likeness (QED) is 0.650. The molecule has 0 atom stereocenters. The molecule has 0 amide bonds. The number of nitrogens with zero attached hydrogens (tertiary/aromatic N) is 2. The summed E-state index contributed by atoms with van der Waals surface area (Å²) in [7, 11) is 0. The van der Waals surface area contributed by atoms with Gasteiger partial charge in [0.2, 0.25) is 0 Å². The van der Waals surface area contributed by atoms with E-state index in [0.29, 0.717) is 31.6 Å². The second-order valence-corrected chi connectivity index (χ2v) is 5.40. The second kappa shape index (κ2) is 4.95. The molecule has 0 fully saturated rings. The van der Waals surface area contributed by atoms with E-state index in [9.17, 15) is 0 Å². The van der Waals surface area contributed by atoms with Crippen LogP contribution in [0.5, 0.6) is 0 Å². The van der Waals surface area contributed by atoms with Gasteiger partial charge >= 0.3 is 0 Å². The highest BCUT2D eigenvalue weighted by Crippen LogP contribution is 2.29. The lowest BCUT2D eigenvalue weighted by atomic mass is 10.2. The van der Waals surface area contributed by atoms with Crippen molar-refractivity contribution < 1.29 is 0 Å². The first-order valence-corrected chi connectivity index (χ1v) is 6.87. The zero-order valence-electron chi connectivity index (χ0n) is 10.0. The summed E-state index contributed by atoms with van der Waals surface area (Å²) in [5.74, 6) is 0. The maximum Gasteiger partial charge on any atom is 0.182 e. The number of fused-ring (bicyclic) bond motifs is 1. The van der Waals surface area contributed by atoms with Crippen LogP contribution >= 0.6 is 35.4 Å². The molecule has 0 spiro atoms. The van der Waals surface area contributed by atoms with E-state index in [4.69, 9.17) is 40.7 Å². The molecule has 6 heteroatoms. The minimum atomic E-state index is 0.465. The zero-order valence-corrected chi connectivity index (χ0v) is 12.4. The van der Waals surface area contributed by atoms with Crippen LogP contribution in [0.25, 0.3) is 16.7 Å². The topological polar surface area (TPSA) is 44.5 Å². The van der Waals surface area contributed by atoms with Crippen molar-refractivity contribution in [2.45, 2.75) is 0 Å². The number of hydrogen-bond acceptors (Lipinski definition) is 2. The number of aromatic amines is 1. The number of rotatable bonds is 1. The van der Waals surface area contributed by atoms with Crippen molar-refractivity contribution in [1.29, 1.82) is 5.26 Å². The number of nitrogens with one attached hydrogen (secondary N) is 1. The van der Waals surface area contributed by atoms with Crippen molar-refractivity contribution in [2.75, 3.05) is 0 Å². The maximum atomic E-state index is 9.14. The van der Waals surface area contributed by atoms with Crippen LogP contribution in [0.4, 0.5) is 0 Å². The van der Waals surface area contributed by atoms with Crippen LogP contribution in [0.15, 0.2) is 36.4 Å². The van der Waals surface area contributed by atoms with Gasteiger partial charge in [0.05, 0.1) is 27.3 Å². The molecule has 20 heavy (non-hydrogen) atoms. The molecule has 0 saturated carbocycles. The lowest BCUT2D eigenvalue weighted by Gasteiger charge is -2.07. The molecule has 0 unspecified atom stereocenters. The van der Waals surface area contributed by atoms with E-state index in [-0.39, 0.29) is 0 Å². The average molecular weight is 320 g/mol. The fourth-order valence-corrected chi connectivity index (χ4v) is 2.79. The minimum absolute atomic E-state index is 0.465. The lowest BCUT2D eigenvalue weighted by molar-refractivity contribution is 1.07. The van der Waals surface area contributed by atoms with E-state index in [2.05, 4.69) is 11.1 Å². The summed E-state index contributed by atoms with van der Waals surface area (Å²) in [6.07, 6.45) is 0. The Kier molecular flexibility index (Phi) is 3.27. The van der Waals surface area contributed by atoms with Crippen LogP contribution in [0.1, 0.15) is 5.56 Å². The van der Waals surface area contributed by atoms with Crippen molar-refractivity contribution in [2.24, 2.45) is 0 Å². The Bertz CT molecular complexity index is 918. The van der Waals surface area contributed by atoms with Crippen LogP contribution in [0.2, 0.25) is 10.0 Å². The standard InChI is InChI=1S/C14H7Cl2N3S/c15-9-4-5-10(16)12(6-9)19-11-3-1-2-8(7-17)13(11)18-14(19)20/h1-6H,(H,18,20). The number of imidazole rings is 1. The molecule has 1 heterocycles. The first-order chi connectivity index (χ1) is 9.61. The average Bonchev–Trinajstić information content (AvgIpc) is 2.77. The Labute approximate surface area is 130 Å². The molecule has 2 aromatic carbocycles. The van der Waals surface area contributed by atoms with E-state index in [1.54, 1.807) is 34.9 Å². The highest BCUT2D eigenvalue weighted by Gasteiger charge is 2.12. The number of nitriles is 1. The van der Waals surface area contributed by atoms with Gasteiger partial charge < -0.3 is 4.98 Å². The highest BCUT2D eigenvalue weighted by atomic mass is 35.5. The van der Waals surface area contributed by atoms with Gasteiger partial charge in [-0.05, 0) is 42.5 Å². The molecule has 3 rings (SSSR count). The molecule has 3 aromatic rings. The Morgan fingerprint density at radius 3 is 2.75 bits per heavy atom. The summed E-state index contributed by atoms with van der Waals surface area (Å²) in [6.45, 7) is 0. The molecule has 0 saturated heterocycles. The fraction of sp³-hybridized carbons (Fsp3) is 0. The summed E-state index contributed by atoms with van der Waals surface area (Å²) in [4.78, 5) is 3.05. The SMILES string of the molecule is N#Cc1cccc2c1[nH]c(=S)n2-c1cc(Cl)ccc1Cl. The van der Waals surface area contributed by atoms with Crippen LogP contribution in [-0.2, 0) is 0 Å². The molecular weight excluding hydrogens is 313 g/mol. The lowest BCUT2D eigenvalue weighted by Crippen LogP contribution is -1.95. The molecule has 0 aliphatic heterocycles. The van der Waals surface area contributed by atoms with Gasteiger partial charge in [-0.1, -0.05) is 29.3 Å². The molecule has 98 valence electrons. The Balaban J connectivity index is 2.44. The van der Waals surface area contributed by atoms with Crippen molar-refractivity contribution in [1.82, 2.24) is 9.55 Å². The first-order valence-electron chi connectivity index (χ1n) is 5.71. The fourth-order valence-electron chi connectivity index (χ4n) is 2.12. The number of para-hydroxylation sites is 1. The Morgan fingerprint density at radius 2 is 2.00 bits per heavy atom. The van der Waals surface area contributed by atoms with Gasteiger partial charge in [-0.2, -0.15) is 5.26 Å². The van der Waals surface area contributed by atoms with Gasteiger partial charge in [-0.15, -0.1) is 0 Å². The third-order valence-electron chi connectivity index (χ3n) is 2.99. The van der Waals surface area contributed by atoms with Crippen molar-refractivity contribution >= 4 is 46.5 Å². The second-order valence-electron chi connectivity index (χ2n) is 4.17. The molecule has 0 aliphatic rings. The zero-order chi connectivity index (χ0) is 14.3. The predicted octanol–water partition coefficient (Wildman–Crippen LogP) is 4.87. The van der Waals surface area contributed by atoms with Gasteiger partial charge in [0.1, 0.15) is 6.07 Å². The van der Waals surface area contributed by atoms with Crippen molar-refractivity contribution in [3.8, 4) is 11.8 Å². The molecule has 0 bridgehead atoms. The van der Waals surface area contributed by atoms with Crippen LogP contribution in [0, 0.1) is 16.1 Å². The van der Waals surface area contributed by atoms with Crippen molar-refractivity contribution in [3.05, 3.63) is 56.8 Å². The number of halogens is 2. The molecule has 1 aromatic heterocycles. The number of hydrogen-bond donors (Lipinski definition) is 1. The summed E-state index contributed by atoms with van der Waals surface area (Å²) in [5, 5.41) is 10.2. The Morgan fingerprint density at radius 1 is 1.20 bits per heavy atom. The minimum Gasteiger partial charge on any atom is -0.329 e. The van der Waals surface area contributed by atoms with Gasteiger partial charge in [0.15, 0.2) is 4.77 Å². The largest absolute Gasteiger partial charge is 0.329 e. The number of H-pyrrole nitrogens is 1. The third-order valence-corrected chi connectivity index (χ3v) is 3.83. The van der Waals surface area contributed by atoms with E-state index in [1.807, 2.05) is 6.07 Å². The van der Waals surface area contributed by atoms with Gasteiger partial charge in [0, 0.05) is 5.02 Å². The highest BCUT2D eigenvalue weighted by molar-refractivity contribution is 7.71. The van der Waals surface area contributed by atoms with Crippen LogP contribution in [0.3, 0.4) is 0 Å². The van der Waals surface area contributed by atoms with E-state index in [0.717, 1.165) is 5.52 Å². The van der Waals surface area contributed by atoms with Crippen LogP contribution in [-0.4, -0.2) is 9.55 Å². The third kappa shape index (κ3) is 2.01. The van der Waals surface area contributed by atoms with Crippen LogP contribution < -0.4 is 0 Å². The number of benzene rings is 2. The van der Waals surface area contributed by atoms with Gasteiger partial charge in [-0.25, -0.2) is 0 Å².